The highest BCUT2D eigenvalue weighted by atomic mass is 28.4. The fourth-order valence-electron chi connectivity index (χ4n) is 4.65. The smallest absolute Gasteiger partial charge is 0.192 e. The molecule has 2 aliphatic carbocycles. The monoisotopic (exact) mass is 312 g/mol. The summed E-state index contributed by atoms with van der Waals surface area (Å²) >= 11 is 0. The van der Waals surface area contributed by atoms with Gasteiger partial charge in [-0.15, -0.1) is 0 Å². The van der Waals surface area contributed by atoms with Crippen LogP contribution in [0.15, 0.2) is 0 Å². The molecule has 5 atom stereocenters. The fraction of sp³-hybridized carbons (Fsp3) is 1.00. The summed E-state index contributed by atoms with van der Waals surface area (Å²) in [6, 6.07) is 0. The third kappa shape index (κ3) is 3.11. The predicted molar refractivity (Wildman–Crippen MR) is 91.9 cm³/mol. The quantitative estimate of drug-likeness (QED) is 0.745. The first-order valence-electron chi connectivity index (χ1n) is 8.85. The highest BCUT2D eigenvalue weighted by Crippen LogP contribution is 2.58. The van der Waals surface area contributed by atoms with Crippen LogP contribution in [0.1, 0.15) is 66.7 Å². The van der Waals surface area contributed by atoms with E-state index in [1.54, 1.807) is 0 Å². The second-order valence-corrected chi connectivity index (χ2v) is 14.1. The van der Waals surface area contributed by atoms with Crippen LogP contribution in [0.5, 0.6) is 0 Å². The van der Waals surface area contributed by atoms with Crippen LogP contribution in [0.25, 0.3) is 0 Å². The molecule has 2 nitrogen and oxygen atoms in total. The molecule has 124 valence electrons. The van der Waals surface area contributed by atoms with Gasteiger partial charge in [0.25, 0.3) is 0 Å². The van der Waals surface area contributed by atoms with Crippen LogP contribution in [0, 0.1) is 17.3 Å². The lowest BCUT2D eigenvalue weighted by Crippen LogP contribution is -2.50. The molecule has 0 heterocycles. The highest BCUT2D eigenvalue weighted by molar-refractivity contribution is 6.74. The van der Waals surface area contributed by atoms with Crippen molar-refractivity contribution in [2.24, 2.45) is 17.3 Å². The Morgan fingerprint density at radius 1 is 1.19 bits per heavy atom. The van der Waals surface area contributed by atoms with E-state index in [-0.39, 0.29) is 11.1 Å². The largest absolute Gasteiger partial charge is 0.414 e. The number of rotatable bonds is 3. The summed E-state index contributed by atoms with van der Waals surface area (Å²) in [5.74, 6) is 1.12. The maximum atomic E-state index is 10.2. The molecule has 2 aliphatic rings. The summed E-state index contributed by atoms with van der Waals surface area (Å²) in [6.07, 6.45) is 6.42. The van der Waals surface area contributed by atoms with Crippen LogP contribution in [-0.2, 0) is 4.43 Å². The lowest BCUT2D eigenvalue weighted by Gasteiger charge is -2.49. The summed E-state index contributed by atoms with van der Waals surface area (Å²) in [7, 11) is -1.70. The summed E-state index contributed by atoms with van der Waals surface area (Å²) in [5, 5.41) is 10.5. The average Bonchev–Trinajstić information content (AvgIpc) is 2.65. The Kier molecular flexibility index (Phi) is 4.70. The van der Waals surface area contributed by atoms with Gasteiger partial charge in [-0.05, 0) is 68.0 Å². The molecule has 2 fully saturated rings. The summed E-state index contributed by atoms with van der Waals surface area (Å²) in [6.45, 7) is 16.1. The molecule has 0 amide bonds. The van der Waals surface area contributed by atoms with Gasteiger partial charge in [-0.3, -0.25) is 0 Å². The number of aliphatic hydroxyl groups is 1. The minimum Gasteiger partial charge on any atom is -0.414 e. The Morgan fingerprint density at radius 2 is 1.81 bits per heavy atom. The normalized spacial score (nSPS) is 39.1. The van der Waals surface area contributed by atoms with Crippen molar-refractivity contribution in [1.82, 2.24) is 0 Å². The van der Waals surface area contributed by atoms with E-state index in [0.29, 0.717) is 23.4 Å². The van der Waals surface area contributed by atoms with Gasteiger partial charge in [0.1, 0.15) is 0 Å². The Bertz CT molecular complexity index is 372. The van der Waals surface area contributed by atoms with E-state index >= 15 is 0 Å². The first-order chi connectivity index (χ1) is 9.49. The minimum absolute atomic E-state index is 0.174. The molecule has 0 spiro atoms. The third-order valence-electron chi connectivity index (χ3n) is 6.97. The molecular weight excluding hydrogens is 276 g/mol. The molecule has 2 saturated carbocycles. The molecule has 0 bridgehead atoms. The van der Waals surface area contributed by atoms with Crippen LogP contribution in [-0.4, -0.2) is 25.6 Å². The molecular formula is C18H36O2Si. The molecule has 0 aromatic carbocycles. The van der Waals surface area contributed by atoms with Crippen LogP contribution in [0.4, 0.5) is 0 Å². The van der Waals surface area contributed by atoms with E-state index in [4.69, 9.17) is 4.43 Å². The highest BCUT2D eigenvalue weighted by Gasteiger charge is 2.54. The van der Waals surface area contributed by atoms with Crippen LogP contribution in [0.2, 0.25) is 18.1 Å². The second-order valence-electron chi connectivity index (χ2n) is 9.35. The Morgan fingerprint density at radius 3 is 2.33 bits per heavy atom. The van der Waals surface area contributed by atoms with Crippen molar-refractivity contribution in [3.63, 3.8) is 0 Å². The molecule has 1 unspecified atom stereocenters. The topological polar surface area (TPSA) is 29.5 Å². The standard InChI is InChI=1S/C18H36O2Si/c1-13(19)14-10-11-15-16(9-8-12-18(14,15)5)20-21(6,7)17(2,3)4/h13-16,19H,8-12H2,1-7H3/t13-,14?,15-,16-,18+/m0/s1. The number of fused-ring (bicyclic) bond motifs is 1. The molecule has 1 N–H and O–H groups in total. The lowest BCUT2D eigenvalue weighted by molar-refractivity contribution is -0.0384. The number of hydrogen-bond acceptors (Lipinski definition) is 2. The van der Waals surface area contributed by atoms with Gasteiger partial charge in [0.2, 0.25) is 0 Å². The summed E-state index contributed by atoms with van der Waals surface area (Å²) < 4.78 is 6.81. The van der Waals surface area contributed by atoms with Gasteiger partial charge >= 0.3 is 0 Å². The zero-order valence-corrected chi connectivity index (χ0v) is 16.2. The van der Waals surface area contributed by atoms with E-state index in [1.807, 2.05) is 6.92 Å². The number of aliphatic hydroxyl groups excluding tert-OH is 1. The molecule has 2 rings (SSSR count). The molecule has 0 aromatic heterocycles. The van der Waals surface area contributed by atoms with Crippen molar-refractivity contribution in [2.45, 2.75) is 97.1 Å². The number of hydrogen-bond donors (Lipinski definition) is 1. The molecule has 0 aromatic rings. The zero-order chi connectivity index (χ0) is 16.1. The Labute approximate surface area is 132 Å². The van der Waals surface area contributed by atoms with Crippen molar-refractivity contribution >= 4 is 8.32 Å². The summed E-state index contributed by atoms with van der Waals surface area (Å²) in [5.41, 5.74) is 0.291. The van der Waals surface area contributed by atoms with Gasteiger partial charge in [0.05, 0.1) is 6.10 Å². The van der Waals surface area contributed by atoms with Gasteiger partial charge < -0.3 is 9.53 Å². The zero-order valence-electron chi connectivity index (χ0n) is 15.2. The van der Waals surface area contributed by atoms with Crippen LogP contribution < -0.4 is 0 Å². The molecule has 0 saturated heterocycles. The second kappa shape index (κ2) is 5.65. The van der Waals surface area contributed by atoms with Crippen molar-refractivity contribution in [2.75, 3.05) is 0 Å². The van der Waals surface area contributed by atoms with E-state index < -0.39 is 8.32 Å². The fourth-order valence-corrected chi connectivity index (χ4v) is 6.04. The van der Waals surface area contributed by atoms with E-state index in [2.05, 4.69) is 40.8 Å². The van der Waals surface area contributed by atoms with Gasteiger partial charge in [-0.25, -0.2) is 0 Å². The molecule has 3 heteroatoms. The van der Waals surface area contributed by atoms with Crippen molar-refractivity contribution < 1.29 is 9.53 Å². The SMILES string of the molecule is C[C@H](O)C1CC[C@H]2[C@@H](O[Si](C)(C)C(C)(C)C)CCC[C@]12C. The Balaban J connectivity index is 2.17. The van der Waals surface area contributed by atoms with Crippen LogP contribution >= 0.6 is 0 Å². The first kappa shape index (κ1) is 17.5. The predicted octanol–water partition coefficient (Wildman–Crippen LogP) is 4.97. The average molecular weight is 313 g/mol. The van der Waals surface area contributed by atoms with Gasteiger partial charge in [-0.1, -0.05) is 34.1 Å². The van der Waals surface area contributed by atoms with Gasteiger partial charge in [-0.2, -0.15) is 0 Å². The lowest BCUT2D eigenvalue weighted by atomic mass is 9.63. The van der Waals surface area contributed by atoms with Gasteiger partial charge in [0, 0.05) is 6.10 Å². The van der Waals surface area contributed by atoms with E-state index in [9.17, 15) is 5.11 Å². The van der Waals surface area contributed by atoms with Crippen molar-refractivity contribution in [1.29, 1.82) is 0 Å². The van der Waals surface area contributed by atoms with E-state index in [0.717, 1.165) is 0 Å². The van der Waals surface area contributed by atoms with Crippen molar-refractivity contribution in [3.05, 3.63) is 0 Å². The maximum absolute atomic E-state index is 10.2. The van der Waals surface area contributed by atoms with Crippen LogP contribution in [0.3, 0.4) is 0 Å². The molecule has 0 aliphatic heterocycles. The molecule has 0 radical (unpaired) electrons. The minimum atomic E-state index is -1.70. The molecule has 21 heavy (non-hydrogen) atoms. The maximum Gasteiger partial charge on any atom is 0.192 e. The Hall–Kier alpha value is 0.137. The van der Waals surface area contributed by atoms with Crippen molar-refractivity contribution in [3.8, 4) is 0 Å². The van der Waals surface area contributed by atoms with Gasteiger partial charge in [0.15, 0.2) is 8.32 Å². The summed E-state index contributed by atoms with van der Waals surface area (Å²) in [4.78, 5) is 0. The van der Waals surface area contributed by atoms with E-state index in [1.165, 1.54) is 32.1 Å². The third-order valence-corrected chi connectivity index (χ3v) is 11.5. The first-order valence-corrected chi connectivity index (χ1v) is 11.8.